The van der Waals surface area contributed by atoms with Gasteiger partial charge < -0.3 is 10.6 Å². The first kappa shape index (κ1) is 10.6. The molecule has 0 radical (unpaired) electrons. The Kier molecular flexibility index (Phi) is 2.73. The van der Waals surface area contributed by atoms with Crippen molar-refractivity contribution in [3.05, 3.63) is 41.4 Å². The first-order valence-corrected chi connectivity index (χ1v) is 6.75. The van der Waals surface area contributed by atoms with Crippen LogP contribution in [-0.2, 0) is 0 Å². The molecule has 1 fully saturated rings. The van der Waals surface area contributed by atoms with Crippen LogP contribution >= 0.6 is 11.3 Å². The van der Waals surface area contributed by atoms with E-state index in [9.17, 15) is 0 Å². The first-order valence-electron chi connectivity index (χ1n) is 5.87. The van der Waals surface area contributed by atoms with Gasteiger partial charge in [0, 0.05) is 17.6 Å². The van der Waals surface area contributed by atoms with E-state index in [0.717, 1.165) is 18.7 Å². The van der Waals surface area contributed by atoms with Crippen LogP contribution in [0.3, 0.4) is 0 Å². The average Bonchev–Trinajstić information content (AvgIpc) is 2.98. The Bertz CT molecular complexity index is 494. The maximum absolute atomic E-state index is 5.72. The number of thiazole rings is 1. The third-order valence-electron chi connectivity index (χ3n) is 3.22. The van der Waals surface area contributed by atoms with Gasteiger partial charge in [-0.25, -0.2) is 4.98 Å². The minimum atomic E-state index is 0.394. The van der Waals surface area contributed by atoms with E-state index in [1.54, 1.807) is 0 Å². The van der Waals surface area contributed by atoms with Crippen LogP contribution in [0.25, 0.3) is 0 Å². The zero-order valence-corrected chi connectivity index (χ0v) is 10.4. The Hall–Kier alpha value is -1.55. The van der Waals surface area contributed by atoms with Crippen molar-refractivity contribution < 1.29 is 0 Å². The Labute approximate surface area is 105 Å². The molecule has 0 aliphatic carbocycles. The fourth-order valence-electron chi connectivity index (χ4n) is 2.46. The number of nitrogen functional groups attached to an aromatic ring is 1. The molecule has 1 aromatic carbocycles. The highest BCUT2D eigenvalue weighted by Gasteiger charge is 2.27. The lowest BCUT2D eigenvalue weighted by atomic mass is 10.1. The highest BCUT2D eigenvalue weighted by atomic mass is 32.1. The Balaban J connectivity index is 1.90. The molecule has 0 bridgehead atoms. The summed E-state index contributed by atoms with van der Waals surface area (Å²) in [4.78, 5) is 6.85. The van der Waals surface area contributed by atoms with Gasteiger partial charge in [0.05, 0.1) is 11.7 Å². The molecule has 1 aliphatic heterocycles. The molecule has 2 heterocycles. The molecule has 1 atom stereocenters. The van der Waals surface area contributed by atoms with E-state index < -0.39 is 0 Å². The second kappa shape index (κ2) is 4.37. The van der Waals surface area contributed by atoms with Crippen LogP contribution in [-0.4, -0.2) is 11.5 Å². The molecule has 2 N–H and O–H groups in total. The molecule has 1 aromatic heterocycles. The van der Waals surface area contributed by atoms with Gasteiger partial charge in [-0.05, 0) is 25.0 Å². The molecular formula is C13H15N3S. The number of hydrogen-bond donors (Lipinski definition) is 1. The van der Waals surface area contributed by atoms with Crippen molar-refractivity contribution >= 4 is 22.2 Å². The number of nitrogens with two attached hydrogens (primary N) is 1. The maximum Gasteiger partial charge on any atom is 0.180 e. The van der Waals surface area contributed by atoms with Crippen molar-refractivity contribution in [1.29, 1.82) is 0 Å². The highest BCUT2D eigenvalue weighted by molar-refractivity contribution is 7.13. The fourth-order valence-corrected chi connectivity index (χ4v) is 3.07. The Morgan fingerprint density at radius 2 is 2.12 bits per heavy atom. The minimum Gasteiger partial charge on any atom is -0.375 e. The van der Waals surface area contributed by atoms with Crippen molar-refractivity contribution in [3.63, 3.8) is 0 Å². The molecule has 17 heavy (non-hydrogen) atoms. The van der Waals surface area contributed by atoms with Crippen LogP contribution in [0.2, 0.25) is 0 Å². The number of rotatable bonds is 2. The predicted octanol–water partition coefficient (Wildman–Crippen LogP) is 3.07. The lowest BCUT2D eigenvalue weighted by molar-refractivity contribution is 0.701. The van der Waals surface area contributed by atoms with E-state index in [1.165, 1.54) is 23.4 Å². The molecule has 0 unspecified atom stereocenters. The standard InChI is InChI=1S/C13H15N3S/c14-13-15-11(9-17-13)12-7-4-8-16(12)10-5-2-1-3-6-10/h1-3,5-6,9,12H,4,7-8H2,(H2,14,15)/t12-/m1/s1. The molecule has 88 valence electrons. The molecule has 0 saturated carbocycles. The number of anilines is 2. The van der Waals surface area contributed by atoms with Crippen LogP contribution in [0.4, 0.5) is 10.8 Å². The summed E-state index contributed by atoms with van der Waals surface area (Å²) < 4.78 is 0. The Morgan fingerprint density at radius 1 is 1.29 bits per heavy atom. The van der Waals surface area contributed by atoms with E-state index >= 15 is 0 Å². The maximum atomic E-state index is 5.72. The largest absolute Gasteiger partial charge is 0.375 e. The highest BCUT2D eigenvalue weighted by Crippen LogP contribution is 2.36. The van der Waals surface area contributed by atoms with Crippen LogP contribution in [0.15, 0.2) is 35.7 Å². The minimum absolute atomic E-state index is 0.394. The van der Waals surface area contributed by atoms with E-state index in [0.29, 0.717) is 11.2 Å². The summed E-state index contributed by atoms with van der Waals surface area (Å²) in [5, 5.41) is 2.75. The molecule has 1 aliphatic rings. The summed E-state index contributed by atoms with van der Waals surface area (Å²) in [6.45, 7) is 1.10. The van der Waals surface area contributed by atoms with Crippen LogP contribution in [0.5, 0.6) is 0 Å². The second-order valence-electron chi connectivity index (χ2n) is 4.30. The van der Waals surface area contributed by atoms with E-state index in [-0.39, 0.29) is 0 Å². The zero-order valence-electron chi connectivity index (χ0n) is 9.54. The third-order valence-corrected chi connectivity index (χ3v) is 3.91. The van der Waals surface area contributed by atoms with Crippen LogP contribution < -0.4 is 10.6 Å². The number of para-hydroxylation sites is 1. The van der Waals surface area contributed by atoms with Crippen LogP contribution in [0.1, 0.15) is 24.6 Å². The number of aromatic nitrogens is 1. The number of hydrogen-bond acceptors (Lipinski definition) is 4. The molecule has 1 saturated heterocycles. The molecule has 0 amide bonds. The van der Waals surface area contributed by atoms with Gasteiger partial charge in [-0.1, -0.05) is 18.2 Å². The van der Waals surface area contributed by atoms with Gasteiger partial charge in [0.1, 0.15) is 0 Å². The van der Waals surface area contributed by atoms with E-state index in [1.807, 2.05) is 0 Å². The fraction of sp³-hybridized carbons (Fsp3) is 0.308. The second-order valence-corrected chi connectivity index (χ2v) is 5.19. The summed E-state index contributed by atoms with van der Waals surface area (Å²) in [7, 11) is 0. The van der Waals surface area contributed by atoms with Gasteiger partial charge in [-0.2, -0.15) is 0 Å². The van der Waals surface area contributed by atoms with Crippen molar-refractivity contribution in [3.8, 4) is 0 Å². The lowest BCUT2D eigenvalue weighted by Crippen LogP contribution is -2.22. The average molecular weight is 245 g/mol. The van der Waals surface area contributed by atoms with Gasteiger partial charge in [0.25, 0.3) is 0 Å². The predicted molar refractivity (Wildman–Crippen MR) is 72.3 cm³/mol. The summed E-state index contributed by atoms with van der Waals surface area (Å²) in [6, 6.07) is 10.9. The molecule has 4 heteroatoms. The zero-order chi connectivity index (χ0) is 11.7. The number of nitrogens with zero attached hydrogens (tertiary/aromatic N) is 2. The third kappa shape index (κ3) is 2.00. The normalized spacial score (nSPS) is 19.8. The summed E-state index contributed by atoms with van der Waals surface area (Å²) in [5.74, 6) is 0. The van der Waals surface area contributed by atoms with Crippen molar-refractivity contribution in [2.75, 3.05) is 17.2 Å². The summed E-state index contributed by atoms with van der Waals surface area (Å²) in [5.41, 5.74) is 8.12. The number of benzene rings is 1. The first-order chi connectivity index (χ1) is 8.34. The molecule has 3 rings (SSSR count). The van der Waals surface area contributed by atoms with Gasteiger partial charge in [-0.3, -0.25) is 0 Å². The van der Waals surface area contributed by atoms with Crippen molar-refractivity contribution in [2.45, 2.75) is 18.9 Å². The topological polar surface area (TPSA) is 42.1 Å². The van der Waals surface area contributed by atoms with E-state index in [4.69, 9.17) is 5.73 Å². The lowest BCUT2D eigenvalue weighted by Gasteiger charge is -2.25. The van der Waals surface area contributed by atoms with Crippen molar-refractivity contribution in [2.24, 2.45) is 0 Å². The van der Waals surface area contributed by atoms with Gasteiger partial charge in [0.2, 0.25) is 0 Å². The van der Waals surface area contributed by atoms with Crippen molar-refractivity contribution in [1.82, 2.24) is 4.98 Å². The quantitative estimate of drug-likeness (QED) is 0.884. The van der Waals surface area contributed by atoms with Gasteiger partial charge in [0.15, 0.2) is 5.13 Å². The Morgan fingerprint density at radius 3 is 2.82 bits per heavy atom. The van der Waals surface area contributed by atoms with E-state index in [2.05, 4.69) is 45.6 Å². The molecule has 2 aromatic rings. The summed E-state index contributed by atoms with van der Waals surface area (Å²) in [6.07, 6.45) is 2.38. The molecule has 0 spiro atoms. The summed E-state index contributed by atoms with van der Waals surface area (Å²) >= 11 is 1.53. The van der Waals surface area contributed by atoms with Gasteiger partial charge in [-0.15, -0.1) is 11.3 Å². The molecule has 3 nitrogen and oxygen atoms in total. The van der Waals surface area contributed by atoms with Gasteiger partial charge >= 0.3 is 0 Å². The van der Waals surface area contributed by atoms with Crippen LogP contribution in [0, 0.1) is 0 Å². The molecular weight excluding hydrogens is 230 g/mol. The smallest absolute Gasteiger partial charge is 0.180 e. The monoisotopic (exact) mass is 245 g/mol. The SMILES string of the molecule is Nc1nc([C@H]2CCCN2c2ccccc2)cs1.